The Balaban J connectivity index is 2.72. The van der Waals surface area contributed by atoms with E-state index in [2.05, 4.69) is 37.1 Å². The van der Waals surface area contributed by atoms with Gasteiger partial charge in [-0.2, -0.15) is 0 Å². The first-order chi connectivity index (χ1) is 6.65. The Morgan fingerprint density at radius 3 is 2.64 bits per heavy atom. The SMILES string of the molecule is CC[C@H](Nc1cccnc1C)C(C)C. The van der Waals surface area contributed by atoms with Gasteiger partial charge in [0.1, 0.15) is 0 Å². The van der Waals surface area contributed by atoms with Crippen molar-refractivity contribution in [2.24, 2.45) is 5.92 Å². The number of hydrogen-bond donors (Lipinski definition) is 1. The summed E-state index contributed by atoms with van der Waals surface area (Å²) in [6, 6.07) is 4.60. The minimum Gasteiger partial charge on any atom is -0.381 e. The minimum atomic E-state index is 0.540. The van der Waals surface area contributed by atoms with Crippen LogP contribution in [0.3, 0.4) is 0 Å². The second kappa shape index (κ2) is 4.99. The van der Waals surface area contributed by atoms with Gasteiger partial charge in [-0.25, -0.2) is 0 Å². The number of anilines is 1. The van der Waals surface area contributed by atoms with Crippen LogP contribution in [0.5, 0.6) is 0 Å². The first kappa shape index (κ1) is 11.0. The number of nitrogens with one attached hydrogen (secondary N) is 1. The number of aromatic nitrogens is 1. The molecule has 2 heteroatoms. The van der Waals surface area contributed by atoms with Gasteiger partial charge in [-0.05, 0) is 31.4 Å². The van der Waals surface area contributed by atoms with E-state index in [1.165, 1.54) is 0 Å². The molecule has 0 amide bonds. The van der Waals surface area contributed by atoms with Crippen LogP contribution in [-0.4, -0.2) is 11.0 Å². The highest BCUT2D eigenvalue weighted by atomic mass is 14.9. The Kier molecular flexibility index (Phi) is 3.93. The molecule has 0 unspecified atom stereocenters. The molecule has 14 heavy (non-hydrogen) atoms. The normalized spacial score (nSPS) is 12.9. The summed E-state index contributed by atoms with van der Waals surface area (Å²) in [6.45, 7) is 8.73. The van der Waals surface area contributed by atoms with Crippen molar-refractivity contribution in [3.63, 3.8) is 0 Å². The van der Waals surface area contributed by atoms with Crippen LogP contribution < -0.4 is 5.32 Å². The molecule has 1 aromatic rings. The van der Waals surface area contributed by atoms with E-state index in [-0.39, 0.29) is 0 Å². The molecule has 1 aromatic heterocycles. The molecule has 2 nitrogen and oxygen atoms in total. The maximum absolute atomic E-state index is 4.26. The van der Waals surface area contributed by atoms with Crippen molar-refractivity contribution in [2.75, 3.05) is 5.32 Å². The smallest absolute Gasteiger partial charge is 0.0603 e. The van der Waals surface area contributed by atoms with Crippen LogP contribution in [0.25, 0.3) is 0 Å². The van der Waals surface area contributed by atoms with Gasteiger partial charge in [0.15, 0.2) is 0 Å². The Labute approximate surface area is 86.8 Å². The highest BCUT2D eigenvalue weighted by Crippen LogP contribution is 2.16. The molecule has 0 radical (unpaired) electrons. The van der Waals surface area contributed by atoms with Gasteiger partial charge < -0.3 is 5.32 Å². The summed E-state index contributed by atoms with van der Waals surface area (Å²) in [7, 11) is 0. The third-order valence-electron chi connectivity index (χ3n) is 2.59. The lowest BCUT2D eigenvalue weighted by Gasteiger charge is -2.22. The average Bonchev–Trinajstić information content (AvgIpc) is 2.16. The number of hydrogen-bond acceptors (Lipinski definition) is 2. The monoisotopic (exact) mass is 192 g/mol. The van der Waals surface area contributed by atoms with E-state index in [9.17, 15) is 0 Å². The van der Waals surface area contributed by atoms with Gasteiger partial charge in [0.2, 0.25) is 0 Å². The molecule has 1 atom stereocenters. The zero-order chi connectivity index (χ0) is 10.6. The molecule has 0 fully saturated rings. The van der Waals surface area contributed by atoms with Crippen LogP contribution in [0, 0.1) is 12.8 Å². The van der Waals surface area contributed by atoms with Gasteiger partial charge in [0.05, 0.1) is 11.4 Å². The standard InChI is InChI=1S/C12H20N2/c1-5-11(9(2)3)14-12-7-6-8-13-10(12)4/h6-9,11,14H,5H2,1-4H3/t11-/m0/s1. The first-order valence-electron chi connectivity index (χ1n) is 5.33. The Morgan fingerprint density at radius 2 is 2.14 bits per heavy atom. The summed E-state index contributed by atoms with van der Waals surface area (Å²) in [5.41, 5.74) is 2.24. The highest BCUT2D eigenvalue weighted by Gasteiger charge is 2.11. The van der Waals surface area contributed by atoms with Crippen molar-refractivity contribution in [3.05, 3.63) is 24.0 Å². The lowest BCUT2D eigenvalue weighted by atomic mass is 10.0. The highest BCUT2D eigenvalue weighted by molar-refractivity contribution is 5.47. The summed E-state index contributed by atoms with van der Waals surface area (Å²) >= 11 is 0. The first-order valence-corrected chi connectivity index (χ1v) is 5.33. The lowest BCUT2D eigenvalue weighted by Crippen LogP contribution is -2.25. The molecule has 0 saturated carbocycles. The van der Waals surface area contributed by atoms with E-state index in [0.29, 0.717) is 12.0 Å². The predicted octanol–water partition coefficient (Wildman–Crippen LogP) is 3.24. The van der Waals surface area contributed by atoms with Crippen LogP contribution in [0.2, 0.25) is 0 Å². The zero-order valence-corrected chi connectivity index (χ0v) is 9.54. The molecular weight excluding hydrogens is 172 g/mol. The molecule has 1 N–H and O–H groups in total. The molecule has 0 bridgehead atoms. The van der Waals surface area contributed by atoms with Gasteiger partial charge in [-0.1, -0.05) is 20.8 Å². The molecule has 0 aromatic carbocycles. The molecular formula is C12H20N2. The maximum atomic E-state index is 4.26. The quantitative estimate of drug-likeness (QED) is 0.792. The Bertz CT molecular complexity index is 281. The predicted molar refractivity (Wildman–Crippen MR) is 61.5 cm³/mol. The van der Waals surface area contributed by atoms with Crippen molar-refractivity contribution < 1.29 is 0 Å². The molecule has 1 rings (SSSR count). The number of aryl methyl sites for hydroxylation is 1. The van der Waals surface area contributed by atoms with E-state index >= 15 is 0 Å². The molecule has 0 aliphatic heterocycles. The fourth-order valence-corrected chi connectivity index (χ4v) is 1.58. The molecule has 0 aliphatic rings. The minimum absolute atomic E-state index is 0.540. The largest absolute Gasteiger partial charge is 0.381 e. The summed E-state index contributed by atoms with van der Waals surface area (Å²) in [5, 5.41) is 3.53. The summed E-state index contributed by atoms with van der Waals surface area (Å²) < 4.78 is 0. The molecule has 78 valence electrons. The number of pyridine rings is 1. The molecule has 0 saturated heterocycles. The maximum Gasteiger partial charge on any atom is 0.0603 e. The Hall–Kier alpha value is -1.05. The van der Waals surface area contributed by atoms with Crippen LogP contribution in [0.1, 0.15) is 32.9 Å². The fraction of sp³-hybridized carbons (Fsp3) is 0.583. The molecule has 0 spiro atoms. The third-order valence-corrected chi connectivity index (χ3v) is 2.59. The average molecular weight is 192 g/mol. The van der Waals surface area contributed by atoms with Crippen LogP contribution in [0.15, 0.2) is 18.3 Å². The van der Waals surface area contributed by atoms with E-state index < -0.39 is 0 Å². The second-order valence-electron chi connectivity index (χ2n) is 4.04. The number of rotatable bonds is 4. The Morgan fingerprint density at radius 1 is 1.43 bits per heavy atom. The summed E-state index contributed by atoms with van der Waals surface area (Å²) in [5.74, 6) is 0.652. The van der Waals surface area contributed by atoms with E-state index in [1.54, 1.807) is 0 Å². The van der Waals surface area contributed by atoms with Crippen molar-refractivity contribution in [3.8, 4) is 0 Å². The van der Waals surface area contributed by atoms with Crippen molar-refractivity contribution in [1.82, 2.24) is 4.98 Å². The summed E-state index contributed by atoms with van der Waals surface area (Å²) in [6.07, 6.45) is 2.98. The molecule has 1 heterocycles. The van der Waals surface area contributed by atoms with Gasteiger partial charge in [0, 0.05) is 12.2 Å². The van der Waals surface area contributed by atoms with E-state index in [4.69, 9.17) is 0 Å². The van der Waals surface area contributed by atoms with Gasteiger partial charge in [-0.15, -0.1) is 0 Å². The van der Waals surface area contributed by atoms with Crippen LogP contribution >= 0.6 is 0 Å². The second-order valence-corrected chi connectivity index (χ2v) is 4.04. The molecule has 0 aliphatic carbocycles. The van der Waals surface area contributed by atoms with Crippen molar-refractivity contribution in [1.29, 1.82) is 0 Å². The van der Waals surface area contributed by atoms with Crippen LogP contribution in [-0.2, 0) is 0 Å². The zero-order valence-electron chi connectivity index (χ0n) is 9.54. The van der Waals surface area contributed by atoms with Crippen LogP contribution in [0.4, 0.5) is 5.69 Å². The fourth-order valence-electron chi connectivity index (χ4n) is 1.58. The van der Waals surface area contributed by atoms with E-state index in [1.807, 2.05) is 19.2 Å². The van der Waals surface area contributed by atoms with Crippen molar-refractivity contribution in [2.45, 2.75) is 40.2 Å². The van der Waals surface area contributed by atoms with E-state index in [0.717, 1.165) is 17.8 Å². The van der Waals surface area contributed by atoms with Gasteiger partial charge in [0.25, 0.3) is 0 Å². The van der Waals surface area contributed by atoms with Crippen molar-refractivity contribution >= 4 is 5.69 Å². The van der Waals surface area contributed by atoms with Gasteiger partial charge in [-0.3, -0.25) is 4.98 Å². The number of nitrogens with zero attached hydrogens (tertiary/aromatic N) is 1. The lowest BCUT2D eigenvalue weighted by molar-refractivity contribution is 0.511. The van der Waals surface area contributed by atoms with Gasteiger partial charge >= 0.3 is 0 Å². The topological polar surface area (TPSA) is 24.9 Å². The summed E-state index contributed by atoms with van der Waals surface area (Å²) in [4.78, 5) is 4.26. The third kappa shape index (κ3) is 2.72.